The number of hydrogen-bond donors (Lipinski definition) is 3. The molecule has 0 saturated carbocycles. The smallest absolute Gasteiger partial charge is 0.296 e. The van der Waals surface area contributed by atoms with Gasteiger partial charge in [0.1, 0.15) is 4.90 Å². The molecule has 6 rings (SSSR count). The van der Waals surface area contributed by atoms with Crippen LogP contribution in [0.15, 0.2) is 65.7 Å². The second-order valence-corrected chi connectivity index (χ2v) is 8.89. The van der Waals surface area contributed by atoms with Crippen molar-refractivity contribution in [2.75, 3.05) is 0 Å². The van der Waals surface area contributed by atoms with Gasteiger partial charge in [-0.25, -0.2) is 9.97 Å². The van der Waals surface area contributed by atoms with Crippen LogP contribution in [0, 0.1) is 0 Å². The van der Waals surface area contributed by atoms with E-state index in [0.29, 0.717) is 28.3 Å². The van der Waals surface area contributed by atoms with Crippen molar-refractivity contribution in [3.63, 3.8) is 0 Å². The zero-order valence-corrected chi connectivity index (χ0v) is 17.3. The van der Waals surface area contributed by atoms with Crippen LogP contribution < -0.4 is 0 Å². The minimum Gasteiger partial charge on any atom is -0.355 e. The van der Waals surface area contributed by atoms with Crippen LogP contribution in [0.5, 0.6) is 0 Å². The summed E-state index contributed by atoms with van der Waals surface area (Å²) in [6.07, 6.45) is 5.39. The highest BCUT2D eigenvalue weighted by atomic mass is 32.2. The van der Waals surface area contributed by atoms with Crippen molar-refractivity contribution in [1.29, 1.82) is 0 Å². The maximum Gasteiger partial charge on any atom is 0.296 e. The van der Waals surface area contributed by atoms with Crippen LogP contribution in [0.4, 0.5) is 0 Å². The van der Waals surface area contributed by atoms with Crippen molar-refractivity contribution < 1.29 is 13.0 Å². The highest BCUT2D eigenvalue weighted by molar-refractivity contribution is 7.86. The van der Waals surface area contributed by atoms with E-state index >= 15 is 0 Å². The van der Waals surface area contributed by atoms with Crippen molar-refractivity contribution in [2.45, 2.75) is 4.90 Å². The molecule has 0 aromatic carbocycles. The monoisotopic (exact) mass is 441 g/mol. The summed E-state index contributed by atoms with van der Waals surface area (Å²) in [6, 6.07) is 16.1. The van der Waals surface area contributed by atoms with Gasteiger partial charge >= 0.3 is 0 Å². The summed E-state index contributed by atoms with van der Waals surface area (Å²) >= 11 is 0. The summed E-state index contributed by atoms with van der Waals surface area (Å²) in [7, 11) is -4.46. The Labute approximate surface area is 182 Å². The standard InChI is InChI=1S/C23H15N5O3S/c29-32(30,31)22-11-17-9-15-4-3-13(25-15)8-14-5-6-16(26-14)10-21-23-18(2-1-7-24-23)19(28-21)12-20(22)27-17/h1-12,26-27H,(H,29,30,31). The fraction of sp³-hybridized carbons (Fsp3) is 0. The van der Waals surface area contributed by atoms with Gasteiger partial charge in [0, 0.05) is 28.3 Å². The van der Waals surface area contributed by atoms with Gasteiger partial charge in [0.05, 0.1) is 34.0 Å². The molecular weight excluding hydrogens is 426 g/mol. The number of aromatic amines is 2. The van der Waals surface area contributed by atoms with Gasteiger partial charge in [-0.3, -0.25) is 9.54 Å². The fourth-order valence-electron chi connectivity index (χ4n) is 3.90. The average Bonchev–Trinajstić information content (AvgIpc) is 3.52. The number of rotatable bonds is 1. The molecule has 0 saturated heterocycles. The van der Waals surface area contributed by atoms with Crippen molar-refractivity contribution >= 4 is 44.3 Å². The third-order valence-electron chi connectivity index (χ3n) is 5.27. The molecule has 2 aliphatic heterocycles. The van der Waals surface area contributed by atoms with Gasteiger partial charge in [0.15, 0.2) is 0 Å². The topological polar surface area (TPSA) is 125 Å². The first-order chi connectivity index (χ1) is 15.4. The molecule has 9 heteroatoms. The largest absolute Gasteiger partial charge is 0.355 e. The summed E-state index contributed by atoms with van der Waals surface area (Å²) in [5.41, 5.74) is 6.50. The SMILES string of the molecule is O=S(=O)(O)c1cc2cc3nc(cc4ccc(cc5nc(cc1[nH]2)-c1cccnc1-5)[nH]4)C=C3. The van der Waals surface area contributed by atoms with Crippen LogP contribution in [0.25, 0.3) is 56.9 Å². The second-order valence-electron chi connectivity index (χ2n) is 7.50. The lowest BCUT2D eigenvalue weighted by molar-refractivity contribution is 0.484. The minimum atomic E-state index is -4.46. The molecule has 0 spiro atoms. The maximum atomic E-state index is 12.0. The summed E-state index contributed by atoms with van der Waals surface area (Å²) in [5, 5.41) is 0. The van der Waals surface area contributed by atoms with Crippen LogP contribution in [-0.4, -0.2) is 37.9 Å². The van der Waals surface area contributed by atoms with E-state index in [1.807, 2.05) is 42.5 Å². The first kappa shape index (κ1) is 18.7. The summed E-state index contributed by atoms with van der Waals surface area (Å²) in [5.74, 6) is 0. The van der Waals surface area contributed by atoms with E-state index in [1.165, 1.54) is 6.07 Å². The van der Waals surface area contributed by atoms with Crippen LogP contribution >= 0.6 is 0 Å². The Bertz CT molecular complexity index is 1710. The van der Waals surface area contributed by atoms with Gasteiger partial charge in [-0.15, -0.1) is 0 Å². The summed E-state index contributed by atoms with van der Waals surface area (Å²) in [4.78, 5) is 19.9. The lowest BCUT2D eigenvalue weighted by Gasteiger charge is -1.96. The van der Waals surface area contributed by atoms with E-state index in [4.69, 9.17) is 4.98 Å². The number of H-pyrrole nitrogens is 2. The van der Waals surface area contributed by atoms with Gasteiger partial charge in [-0.2, -0.15) is 8.42 Å². The third-order valence-corrected chi connectivity index (χ3v) is 6.16. The molecule has 0 atom stereocenters. The number of aromatic nitrogens is 5. The highest BCUT2D eigenvalue weighted by Crippen LogP contribution is 2.34. The normalized spacial score (nSPS) is 12.7. The molecule has 4 aromatic rings. The number of nitrogens with zero attached hydrogens (tertiary/aromatic N) is 3. The van der Waals surface area contributed by atoms with E-state index in [1.54, 1.807) is 24.4 Å². The Balaban J connectivity index is 1.78. The molecule has 0 fully saturated rings. The molecule has 0 radical (unpaired) electrons. The van der Waals surface area contributed by atoms with E-state index in [9.17, 15) is 13.0 Å². The Hall–Kier alpha value is -4.08. The molecule has 2 aliphatic rings. The minimum absolute atomic E-state index is 0.223. The highest BCUT2D eigenvalue weighted by Gasteiger charge is 2.19. The second kappa shape index (κ2) is 6.71. The summed E-state index contributed by atoms with van der Waals surface area (Å²) < 4.78 is 33.9. The quantitative estimate of drug-likeness (QED) is 0.324. The van der Waals surface area contributed by atoms with Gasteiger partial charge < -0.3 is 9.97 Å². The maximum absolute atomic E-state index is 12.0. The van der Waals surface area contributed by atoms with Gasteiger partial charge in [0.25, 0.3) is 10.1 Å². The van der Waals surface area contributed by atoms with Gasteiger partial charge in [-0.1, -0.05) is 0 Å². The van der Waals surface area contributed by atoms with Gasteiger partial charge in [0.2, 0.25) is 0 Å². The Morgan fingerprint density at radius 3 is 2.31 bits per heavy atom. The molecule has 0 unspecified atom stereocenters. The number of pyridine rings is 1. The Kier molecular flexibility index (Phi) is 3.91. The fourth-order valence-corrected chi connectivity index (χ4v) is 4.56. The van der Waals surface area contributed by atoms with E-state index < -0.39 is 10.1 Å². The molecule has 156 valence electrons. The third kappa shape index (κ3) is 3.20. The number of hydrogen-bond acceptors (Lipinski definition) is 5. The molecular formula is C23H15N5O3S. The molecule has 3 N–H and O–H groups in total. The van der Waals surface area contributed by atoms with Crippen molar-refractivity contribution in [3.8, 4) is 22.6 Å². The molecule has 6 heterocycles. The van der Waals surface area contributed by atoms with Crippen LogP contribution in [0.1, 0.15) is 11.4 Å². The first-order valence-electron chi connectivity index (χ1n) is 9.76. The summed E-state index contributed by atoms with van der Waals surface area (Å²) in [6.45, 7) is 0. The predicted molar refractivity (Wildman–Crippen MR) is 122 cm³/mol. The van der Waals surface area contributed by atoms with Crippen molar-refractivity contribution in [2.24, 2.45) is 0 Å². The van der Waals surface area contributed by atoms with E-state index in [2.05, 4.69) is 19.9 Å². The van der Waals surface area contributed by atoms with Crippen molar-refractivity contribution in [3.05, 3.63) is 72.2 Å². The lowest BCUT2D eigenvalue weighted by Crippen LogP contribution is -1.96. The predicted octanol–water partition coefficient (Wildman–Crippen LogP) is 4.46. The van der Waals surface area contributed by atoms with Gasteiger partial charge in [-0.05, 0) is 66.7 Å². The van der Waals surface area contributed by atoms with E-state index in [0.717, 1.165) is 22.3 Å². The van der Waals surface area contributed by atoms with Crippen LogP contribution in [0.2, 0.25) is 0 Å². The molecule has 4 aromatic heterocycles. The Morgan fingerprint density at radius 2 is 1.53 bits per heavy atom. The molecule has 0 aliphatic carbocycles. The van der Waals surface area contributed by atoms with E-state index in [-0.39, 0.29) is 10.4 Å². The Morgan fingerprint density at radius 1 is 0.781 bits per heavy atom. The lowest BCUT2D eigenvalue weighted by atomic mass is 10.1. The number of fused-ring (bicyclic) bond motifs is 11. The molecule has 8 nitrogen and oxygen atoms in total. The van der Waals surface area contributed by atoms with Crippen molar-refractivity contribution in [1.82, 2.24) is 24.9 Å². The first-order valence-corrected chi connectivity index (χ1v) is 11.2. The molecule has 0 amide bonds. The molecule has 8 bridgehead atoms. The zero-order valence-electron chi connectivity index (χ0n) is 16.4. The number of nitrogens with one attached hydrogen (secondary N) is 2. The van der Waals surface area contributed by atoms with Crippen LogP contribution in [0.3, 0.4) is 0 Å². The zero-order chi connectivity index (χ0) is 21.9. The van der Waals surface area contributed by atoms with Crippen LogP contribution in [-0.2, 0) is 10.1 Å². The molecule has 32 heavy (non-hydrogen) atoms. The average molecular weight is 441 g/mol.